The minimum atomic E-state index is 0.868. The smallest absolute Gasteiger partial charge is 0.137 e. The standard InChI is InChI=1S/C48H31NO/c1-3-13-32(14-4-1)39-27-24-36(30-44(39)33-15-5-2-6-16-33)49(37-25-28-42-41-21-11-12-22-46(41)50-47(42)31-37)45-29-35-18-8-9-19-38(35)43-26-23-34-17-7-10-20-40(34)48(43)45/h1-31H. The van der Waals surface area contributed by atoms with Crippen molar-refractivity contribution in [2.24, 2.45) is 0 Å². The fourth-order valence-corrected chi connectivity index (χ4v) is 7.71. The maximum Gasteiger partial charge on any atom is 0.137 e. The van der Waals surface area contributed by atoms with Crippen molar-refractivity contribution in [3.05, 3.63) is 188 Å². The van der Waals surface area contributed by atoms with Crippen LogP contribution in [-0.2, 0) is 0 Å². The Kier molecular flexibility index (Phi) is 6.53. The van der Waals surface area contributed by atoms with E-state index < -0.39 is 0 Å². The normalized spacial score (nSPS) is 11.6. The third-order valence-corrected chi connectivity index (χ3v) is 10.0. The topological polar surface area (TPSA) is 16.4 Å². The Bertz CT molecular complexity index is 2870. The Balaban J connectivity index is 1.32. The third-order valence-electron chi connectivity index (χ3n) is 10.0. The monoisotopic (exact) mass is 637 g/mol. The van der Waals surface area contributed by atoms with E-state index in [1.165, 1.54) is 54.6 Å². The van der Waals surface area contributed by atoms with E-state index in [0.717, 1.165) is 39.0 Å². The van der Waals surface area contributed by atoms with Gasteiger partial charge in [0.15, 0.2) is 0 Å². The average molecular weight is 638 g/mol. The van der Waals surface area contributed by atoms with Gasteiger partial charge in [0.25, 0.3) is 0 Å². The predicted molar refractivity (Wildman–Crippen MR) is 212 cm³/mol. The lowest BCUT2D eigenvalue weighted by atomic mass is 9.92. The van der Waals surface area contributed by atoms with E-state index >= 15 is 0 Å². The molecule has 0 fully saturated rings. The quantitative estimate of drug-likeness (QED) is 0.175. The molecular formula is C48H31NO. The van der Waals surface area contributed by atoms with Gasteiger partial charge in [-0.15, -0.1) is 0 Å². The molecule has 2 nitrogen and oxygen atoms in total. The van der Waals surface area contributed by atoms with Crippen molar-refractivity contribution in [3.8, 4) is 22.3 Å². The second-order valence-electron chi connectivity index (χ2n) is 12.9. The van der Waals surface area contributed by atoms with Gasteiger partial charge in [-0.25, -0.2) is 0 Å². The van der Waals surface area contributed by atoms with E-state index in [0.29, 0.717) is 0 Å². The predicted octanol–water partition coefficient (Wildman–Crippen LogP) is 13.8. The summed E-state index contributed by atoms with van der Waals surface area (Å²) in [6.07, 6.45) is 0. The van der Waals surface area contributed by atoms with E-state index in [2.05, 4.69) is 181 Å². The van der Waals surface area contributed by atoms with Crippen molar-refractivity contribution in [2.75, 3.05) is 4.90 Å². The first-order chi connectivity index (χ1) is 24.8. The number of hydrogen-bond donors (Lipinski definition) is 0. The molecule has 0 radical (unpaired) electrons. The molecule has 0 aliphatic heterocycles. The van der Waals surface area contributed by atoms with Crippen LogP contribution in [0.1, 0.15) is 0 Å². The highest BCUT2D eigenvalue weighted by Crippen LogP contribution is 2.47. The molecule has 0 aliphatic rings. The molecule has 10 aromatic rings. The van der Waals surface area contributed by atoms with Gasteiger partial charge < -0.3 is 9.32 Å². The van der Waals surface area contributed by atoms with Crippen LogP contribution in [0.4, 0.5) is 17.1 Å². The molecule has 1 aromatic heterocycles. The molecule has 0 saturated carbocycles. The summed E-state index contributed by atoms with van der Waals surface area (Å²) < 4.78 is 6.49. The van der Waals surface area contributed by atoms with Crippen LogP contribution in [0.25, 0.3) is 76.5 Å². The summed E-state index contributed by atoms with van der Waals surface area (Å²) in [6.45, 7) is 0. The minimum Gasteiger partial charge on any atom is -0.456 e. The second kappa shape index (κ2) is 11.5. The molecule has 50 heavy (non-hydrogen) atoms. The molecule has 10 rings (SSSR count). The summed E-state index contributed by atoms with van der Waals surface area (Å²) in [5, 5.41) is 9.58. The van der Waals surface area contributed by atoms with Crippen LogP contribution in [-0.4, -0.2) is 0 Å². The molecule has 0 unspecified atom stereocenters. The molecule has 0 spiro atoms. The van der Waals surface area contributed by atoms with Crippen LogP contribution in [0.3, 0.4) is 0 Å². The fourth-order valence-electron chi connectivity index (χ4n) is 7.71. The molecule has 0 saturated heterocycles. The lowest BCUT2D eigenvalue weighted by Gasteiger charge is -2.29. The van der Waals surface area contributed by atoms with Crippen molar-refractivity contribution in [1.82, 2.24) is 0 Å². The van der Waals surface area contributed by atoms with Gasteiger partial charge in [0.05, 0.1) is 5.69 Å². The number of furan rings is 1. The number of anilines is 3. The molecule has 2 heteroatoms. The molecule has 0 amide bonds. The Morgan fingerprint density at radius 2 is 0.920 bits per heavy atom. The molecule has 0 bridgehead atoms. The Morgan fingerprint density at radius 1 is 0.340 bits per heavy atom. The molecular weight excluding hydrogens is 607 g/mol. The lowest BCUT2D eigenvalue weighted by Crippen LogP contribution is -2.11. The third kappa shape index (κ3) is 4.57. The highest BCUT2D eigenvalue weighted by molar-refractivity contribution is 6.23. The number of para-hydroxylation sites is 1. The molecule has 9 aromatic carbocycles. The Labute approximate surface area is 290 Å². The summed E-state index contributed by atoms with van der Waals surface area (Å²) in [4.78, 5) is 2.43. The van der Waals surface area contributed by atoms with E-state index in [-0.39, 0.29) is 0 Å². The minimum absolute atomic E-state index is 0.868. The van der Waals surface area contributed by atoms with Gasteiger partial charge in [-0.2, -0.15) is 0 Å². The summed E-state index contributed by atoms with van der Waals surface area (Å²) in [6, 6.07) is 67.6. The lowest BCUT2D eigenvalue weighted by molar-refractivity contribution is 0.669. The van der Waals surface area contributed by atoms with Crippen molar-refractivity contribution < 1.29 is 4.42 Å². The number of nitrogens with zero attached hydrogens (tertiary/aromatic N) is 1. The maximum atomic E-state index is 6.49. The van der Waals surface area contributed by atoms with Crippen LogP contribution in [0, 0.1) is 0 Å². The highest BCUT2D eigenvalue weighted by Gasteiger charge is 2.22. The van der Waals surface area contributed by atoms with Crippen LogP contribution in [0.5, 0.6) is 0 Å². The van der Waals surface area contributed by atoms with Crippen molar-refractivity contribution in [3.63, 3.8) is 0 Å². The van der Waals surface area contributed by atoms with E-state index in [1.54, 1.807) is 0 Å². The van der Waals surface area contributed by atoms with Crippen molar-refractivity contribution >= 4 is 71.3 Å². The van der Waals surface area contributed by atoms with Crippen LogP contribution < -0.4 is 4.90 Å². The average Bonchev–Trinajstić information content (AvgIpc) is 3.56. The first-order valence-corrected chi connectivity index (χ1v) is 17.1. The fraction of sp³-hybridized carbons (Fsp3) is 0. The number of hydrogen-bond acceptors (Lipinski definition) is 2. The maximum absolute atomic E-state index is 6.49. The molecule has 0 aliphatic carbocycles. The summed E-state index contributed by atoms with van der Waals surface area (Å²) in [5.41, 5.74) is 9.74. The zero-order chi connectivity index (χ0) is 33.0. The Hall–Kier alpha value is -6.64. The van der Waals surface area contributed by atoms with Gasteiger partial charge in [0.2, 0.25) is 0 Å². The van der Waals surface area contributed by atoms with Gasteiger partial charge in [-0.05, 0) is 85.6 Å². The summed E-state index contributed by atoms with van der Waals surface area (Å²) in [7, 11) is 0. The van der Waals surface area contributed by atoms with Gasteiger partial charge in [0, 0.05) is 33.6 Å². The van der Waals surface area contributed by atoms with E-state index in [1.807, 2.05) is 12.1 Å². The largest absolute Gasteiger partial charge is 0.456 e. The highest BCUT2D eigenvalue weighted by atomic mass is 16.3. The van der Waals surface area contributed by atoms with E-state index in [9.17, 15) is 0 Å². The van der Waals surface area contributed by atoms with Gasteiger partial charge in [0.1, 0.15) is 11.2 Å². The second-order valence-corrected chi connectivity index (χ2v) is 12.9. The molecule has 0 atom stereocenters. The van der Waals surface area contributed by atoms with Crippen LogP contribution >= 0.6 is 0 Å². The number of rotatable bonds is 5. The van der Waals surface area contributed by atoms with Gasteiger partial charge >= 0.3 is 0 Å². The van der Waals surface area contributed by atoms with Crippen molar-refractivity contribution in [2.45, 2.75) is 0 Å². The molecule has 1 heterocycles. The van der Waals surface area contributed by atoms with E-state index in [4.69, 9.17) is 4.42 Å². The van der Waals surface area contributed by atoms with Crippen LogP contribution in [0.15, 0.2) is 192 Å². The molecule has 0 N–H and O–H groups in total. The summed E-state index contributed by atoms with van der Waals surface area (Å²) in [5.74, 6) is 0. The number of benzene rings is 9. The zero-order valence-electron chi connectivity index (χ0n) is 27.3. The van der Waals surface area contributed by atoms with Gasteiger partial charge in [-0.3, -0.25) is 0 Å². The van der Waals surface area contributed by atoms with Crippen molar-refractivity contribution in [1.29, 1.82) is 0 Å². The SMILES string of the molecule is c1ccc(-c2ccc(N(c3ccc4c(c3)oc3ccccc34)c3cc4ccccc4c4ccc5ccccc5c34)cc2-c2ccccc2)cc1. The zero-order valence-corrected chi connectivity index (χ0v) is 27.3. The van der Waals surface area contributed by atoms with Gasteiger partial charge in [-0.1, -0.05) is 146 Å². The first kappa shape index (κ1) is 28.4. The summed E-state index contributed by atoms with van der Waals surface area (Å²) >= 11 is 0. The Morgan fingerprint density at radius 3 is 1.72 bits per heavy atom. The molecule has 234 valence electrons. The van der Waals surface area contributed by atoms with Crippen LogP contribution in [0.2, 0.25) is 0 Å². The first-order valence-electron chi connectivity index (χ1n) is 17.1. The number of fused-ring (bicyclic) bond motifs is 8.